The highest BCUT2D eigenvalue weighted by atomic mass is 35.5. The van der Waals surface area contributed by atoms with Crippen molar-refractivity contribution in [1.29, 1.82) is 0 Å². The smallest absolute Gasteiger partial charge is 0.239 e. The van der Waals surface area contributed by atoms with Gasteiger partial charge in [-0.1, -0.05) is 11.6 Å². The fraction of sp³-hybridized carbons (Fsp3) is 0.250. The maximum atomic E-state index is 11.7. The molecule has 0 atom stereocenters. The molecule has 0 unspecified atom stereocenters. The van der Waals surface area contributed by atoms with Crippen molar-refractivity contribution < 1.29 is 13.2 Å². The van der Waals surface area contributed by atoms with E-state index in [1.165, 1.54) is 0 Å². The summed E-state index contributed by atoms with van der Waals surface area (Å²) in [5, 5.41) is 0. The van der Waals surface area contributed by atoms with Crippen LogP contribution in [0.15, 0.2) is 5.51 Å². The third kappa shape index (κ3) is 1.41. The average Bonchev–Trinajstić information content (AvgIpc) is 2.11. The molecule has 0 amide bonds. The van der Waals surface area contributed by atoms with E-state index in [2.05, 4.69) is 4.98 Å². The summed E-state index contributed by atoms with van der Waals surface area (Å²) >= 11 is 5.93. The number of alkyl halides is 3. The van der Waals surface area contributed by atoms with Gasteiger partial charge in [0.2, 0.25) is 0 Å². The SMILES string of the molecule is FC(F)(F)c1ncsc1Cl. The largest absolute Gasteiger partial charge is 0.435 e. The average molecular weight is 188 g/mol. The Balaban J connectivity index is 3.05. The van der Waals surface area contributed by atoms with Gasteiger partial charge in [0.25, 0.3) is 0 Å². The van der Waals surface area contributed by atoms with Crippen LogP contribution in [0.1, 0.15) is 5.69 Å². The van der Waals surface area contributed by atoms with Crippen molar-refractivity contribution in [3.63, 3.8) is 0 Å². The third-order valence-corrected chi connectivity index (χ3v) is 1.85. The highest BCUT2D eigenvalue weighted by molar-refractivity contribution is 7.14. The van der Waals surface area contributed by atoms with Crippen LogP contribution in [-0.4, -0.2) is 4.98 Å². The van der Waals surface area contributed by atoms with E-state index in [1.54, 1.807) is 0 Å². The lowest BCUT2D eigenvalue weighted by Crippen LogP contribution is -2.05. The maximum absolute atomic E-state index is 11.7. The number of halogens is 4. The molecule has 1 heterocycles. The highest BCUT2D eigenvalue weighted by Gasteiger charge is 2.35. The zero-order valence-corrected chi connectivity index (χ0v) is 6.02. The minimum atomic E-state index is -4.42. The van der Waals surface area contributed by atoms with Gasteiger partial charge in [-0.25, -0.2) is 4.98 Å². The number of rotatable bonds is 0. The highest BCUT2D eigenvalue weighted by Crippen LogP contribution is 2.35. The first-order chi connectivity index (χ1) is 4.52. The van der Waals surface area contributed by atoms with Crippen molar-refractivity contribution in [2.45, 2.75) is 6.18 Å². The second-order valence-corrected chi connectivity index (χ2v) is 2.93. The molecule has 10 heavy (non-hydrogen) atoms. The minimum absolute atomic E-state index is 0.312. The fourth-order valence-corrected chi connectivity index (χ4v) is 1.22. The summed E-state index contributed by atoms with van der Waals surface area (Å²) in [6.07, 6.45) is -4.42. The molecule has 0 aromatic carbocycles. The Bertz CT molecular complexity index is 231. The topological polar surface area (TPSA) is 12.9 Å². The van der Waals surface area contributed by atoms with E-state index in [9.17, 15) is 13.2 Å². The predicted octanol–water partition coefficient (Wildman–Crippen LogP) is 2.82. The van der Waals surface area contributed by atoms with Gasteiger partial charge in [0.1, 0.15) is 4.34 Å². The van der Waals surface area contributed by atoms with Crippen molar-refractivity contribution >= 4 is 22.9 Å². The van der Waals surface area contributed by atoms with Crippen molar-refractivity contribution in [3.8, 4) is 0 Å². The van der Waals surface area contributed by atoms with Gasteiger partial charge >= 0.3 is 6.18 Å². The van der Waals surface area contributed by atoms with E-state index in [-0.39, 0.29) is 4.34 Å². The van der Waals surface area contributed by atoms with Crippen LogP contribution in [0, 0.1) is 0 Å². The number of hydrogen-bond acceptors (Lipinski definition) is 2. The first-order valence-corrected chi connectivity index (χ1v) is 3.44. The van der Waals surface area contributed by atoms with Crippen LogP contribution in [0.2, 0.25) is 4.34 Å². The van der Waals surface area contributed by atoms with Crippen LogP contribution in [0.4, 0.5) is 13.2 Å². The number of thiazole rings is 1. The molecule has 1 aromatic rings. The third-order valence-electron chi connectivity index (χ3n) is 0.793. The molecule has 56 valence electrons. The van der Waals surface area contributed by atoms with E-state index >= 15 is 0 Å². The molecule has 0 aliphatic rings. The summed E-state index contributed by atoms with van der Waals surface area (Å²) in [5.74, 6) is 0. The molecule has 1 rings (SSSR count). The van der Waals surface area contributed by atoms with Gasteiger partial charge in [-0.3, -0.25) is 0 Å². The molecule has 0 saturated carbocycles. The van der Waals surface area contributed by atoms with Crippen molar-refractivity contribution in [3.05, 3.63) is 15.5 Å². The van der Waals surface area contributed by atoms with E-state index < -0.39 is 11.9 Å². The first kappa shape index (κ1) is 7.81. The van der Waals surface area contributed by atoms with Gasteiger partial charge in [-0.2, -0.15) is 13.2 Å². The van der Waals surface area contributed by atoms with Crippen molar-refractivity contribution in [2.75, 3.05) is 0 Å². The molecular weight excluding hydrogens is 187 g/mol. The van der Waals surface area contributed by atoms with Gasteiger partial charge < -0.3 is 0 Å². The summed E-state index contributed by atoms with van der Waals surface area (Å²) in [6, 6.07) is 0. The van der Waals surface area contributed by atoms with E-state index in [1.807, 2.05) is 0 Å². The van der Waals surface area contributed by atoms with Gasteiger partial charge in [-0.15, -0.1) is 11.3 Å². The summed E-state index contributed by atoms with van der Waals surface area (Å²) < 4.78 is 34.9. The number of nitrogens with zero attached hydrogens (tertiary/aromatic N) is 1. The Morgan fingerprint density at radius 3 is 2.30 bits per heavy atom. The van der Waals surface area contributed by atoms with E-state index in [4.69, 9.17) is 11.6 Å². The van der Waals surface area contributed by atoms with Crippen molar-refractivity contribution in [1.82, 2.24) is 4.98 Å². The summed E-state index contributed by atoms with van der Waals surface area (Å²) in [6.45, 7) is 0. The Labute approximate surface area is 63.5 Å². The summed E-state index contributed by atoms with van der Waals surface area (Å²) in [4.78, 5) is 3.05. The molecule has 0 aliphatic heterocycles. The van der Waals surface area contributed by atoms with Crippen LogP contribution >= 0.6 is 22.9 Å². The molecule has 0 aliphatic carbocycles. The van der Waals surface area contributed by atoms with E-state index in [0.29, 0.717) is 0 Å². The minimum Gasteiger partial charge on any atom is -0.239 e. The van der Waals surface area contributed by atoms with Crippen LogP contribution < -0.4 is 0 Å². The van der Waals surface area contributed by atoms with Gasteiger partial charge in [0.15, 0.2) is 5.69 Å². The molecule has 0 spiro atoms. The monoisotopic (exact) mass is 187 g/mol. The Morgan fingerprint density at radius 1 is 1.50 bits per heavy atom. The maximum Gasteiger partial charge on any atom is 0.435 e. The van der Waals surface area contributed by atoms with Gasteiger partial charge in [-0.05, 0) is 0 Å². The molecule has 6 heteroatoms. The molecule has 0 N–H and O–H groups in total. The Morgan fingerprint density at radius 2 is 2.10 bits per heavy atom. The zero-order chi connectivity index (χ0) is 7.78. The molecule has 0 bridgehead atoms. The second kappa shape index (κ2) is 2.39. The number of aromatic nitrogens is 1. The molecular formula is C4HClF3NS. The lowest BCUT2D eigenvalue weighted by molar-refractivity contribution is -0.140. The Hall–Kier alpha value is -0.290. The first-order valence-electron chi connectivity index (χ1n) is 2.18. The normalized spacial score (nSPS) is 12.0. The quantitative estimate of drug-likeness (QED) is 0.609. The molecule has 0 fully saturated rings. The summed E-state index contributed by atoms with van der Waals surface area (Å²) in [7, 11) is 0. The predicted molar refractivity (Wildman–Crippen MR) is 32.1 cm³/mol. The fourth-order valence-electron chi connectivity index (χ4n) is 0.417. The lowest BCUT2D eigenvalue weighted by atomic mass is 10.5. The van der Waals surface area contributed by atoms with Crippen LogP contribution in [0.3, 0.4) is 0 Å². The van der Waals surface area contributed by atoms with Gasteiger partial charge in [0.05, 0.1) is 5.51 Å². The molecule has 1 nitrogen and oxygen atoms in total. The van der Waals surface area contributed by atoms with Crippen molar-refractivity contribution in [2.24, 2.45) is 0 Å². The molecule has 1 aromatic heterocycles. The van der Waals surface area contributed by atoms with E-state index in [0.717, 1.165) is 16.8 Å². The standard InChI is InChI=1S/C4HClF3NS/c5-3-2(4(6,7)8)9-1-10-3/h1H. The lowest BCUT2D eigenvalue weighted by Gasteiger charge is -2.00. The van der Waals surface area contributed by atoms with Gasteiger partial charge in [0, 0.05) is 0 Å². The zero-order valence-electron chi connectivity index (χ0n) is 4.44. The van der Waals surface area contributed by atoms with Crippen LogP contribution in [0.25, 0.3) is 0 Å². The second-order valence-electron chi connectivity index (χ2n) is 1.47. The number of hydrogen-bond donors (Lipinski definition) is 0. The molecule has 0 radical (unpaired) electrons. The molecule has 0 saturated heterocycles. The van der Waals surface area contributed by atoms with Crippen LogP contribution in [0.5, 0.6) is 0 Å². The summed E-state index contributed by atoms with van der Waals surface area (Å²) in [5.41, 5.74) is 0.0599. The van der Waals surface area contributed by atoms with Crippen LogP contribution in [-0.2, 0) is 6.18 Å². The Kier molecular flexibility index (Phi) is 1.87.